The lowest BCUT2D eigenvalue weighted by molar-refractivity contribution is -0.384. The van der Waals surface area contributed by atoms with Crippen molar-refractivity contribution in [2.45, 2.75) is 0 Å². The van der Waals surface area contributed by atoms with E-state index in [4.69, 9.17) is 9.47 Å². The molecule has 0 aliphatic carbocycles. The molecule has 210 valence electrons. The van der Waals surface area contributed by atoms with Crippen LogP contribution in [-0.4, -0.2) is 53.0 Å². The topological polar surface area (TPSA) is 157 Å². The Labute approximate surface area is 251 Å². The molecule has 1 saturated heterocycles. The molecule has 1 aliphatic heterocycles. The number of carbonyl (C=O) groups excluding carboxylic acids is 4. The molecular formula is C27H21IN4O8S. The fourth-order valence-corrected chi connectivity index (χ4v) is 4.79. The molecule has 1 fully saturated rings. The molecule has 3 aromatic carbocycles. The van der Waals surface area contributed by atoms with Gasteiger partial charge in [0.05, 0.1) is 16.9 Å². The lowest BCUT2D eigenvalue weighted by Gasteiger charge is -2.13. The number of nitro benzene ring substituents is 1. The van der Waals surface area contributed by atoms with Gasteiger partial charge in [0.1, 0.15) is 6.54 Å². The van der Waals surface area contributed by atoms with Crippen LogP contribution in [0.4, 0.5) is 21.9 Å². The Bertz CT molecular complexity index is 1560. The number of imide groups is 1. The zero-order valence-corrected chi connectivity index (χ0v) is 24.3. The number of nitrogens with one attached hydrogen (secondary N) is 2. The average Bonchev–Trinajstić information content (AvgIpc) is 3.20. The second kappa shape index (κ2) is 13.3. The number of benzene rings is 3. The maximum absolute atomic E-state index is 12.9. The Morgan fingerprint density at radius 3 is 2.44 bits per heavy atom. The van der Waals surface area contributed by atoms with Crippen LogP contribution < -0.4 is 20.1 Å². The van der Waals surface area contributed by atoms with Gasteiger partial charge in [0.2, 0.25) is 5.91 Å². The van der Waals surface area contributed by atoms with E-state index in [9.17, 15) is 29.3 Å². The van der Waals surface area contributed by atoms with E-state index in [2.05, 4.69) is 33.2 Å². The van der Waals surface area contributed by atoms with Gasteiger partial charge in [-0.1, -0.05) is 12.1 Å². The van der Waals surface area contributed by atoms with E-state index < -0.39 is 41.0 Å². The highest BCUT2D eigenvalue weighted by atomic mass is 127. The van der Waals surface area contributed by atoms with Crippen LogP contribution in [0.15, 0.2) is 71.6 Å². The number of halogens is 1. The molecule has 0 saturated carbocycles. The van der Waals surface area contributed by atoms with Crippen LogP contribution >= 0.6 is 34.4 Å². The van der Waals surface area contributed by atoms with Crippen molar-refractivity contribution in [3.8, 4) is 11.5 Å². The summed E-state index contributed by atoms with van der Waals surface area (Å²) in [5, 5.41) is 15.5. The highest BCUT2D eigenvalue weighted by Crippen LogP contribution is 2.34. The number of carbonyl (C=O) groups is 4. The summed E-state index contributed by atoms with van der Waals surface area (Å²) in [6.07, 6.45) is 1.49. The van der Waals surface area contributed by atoms with Crippen LogP contribution in [0.3, 0.4) is 0 Å². The molecule has 2 N–H and O–H groups in total. The normalized spacial score (nSPS) is 13.7. The predicted molar refractivity (Wildman–Crippen MR) is 161 cm³/mol. The van der Waals surface area contributed by atoms with Crippen molar-refractivity contribution in [2.24, 2.45) is 0 Å². The van der Waals surface area contributed by atoms with Crippen LogP contribution in [0.1, 0.15) is 5.56 Å². The first-order valence-corrected chi connectivity index (χ1v) is 13.7. The summed E-state index contributed by atoms with van der Waals surface area (Å²) >= 11 is 2.85. The standard InChI is InChI=1S/C27H21IN4O8S/c1-39-22-11-16(5-10-21(22)40-15-25(34)30-19-3-2-4-20(13-19)32(37)38)12-23-26(35)31(27(36)41-23)14-24(33)29-18-8-6-17(28)7-9-18/h2-13H,14-15H2,1H3,(H,29,33)(H,30,34)/b23-12-. The molecule has 0 unspecified atom stereocenters. The van der Waals surface area contributed by atoms with Crippen LogP contribution in [0.5, 0.6) is 11.5 Å². The molecule has 0 atom stereocenters. The molecule has 0 bridgehead atoms. The fourth-order valence-electron chi connectivity index (χ4n) is 3.60. The zero-order chi connectivity index (χ0) is 29.5. The highest BCUT2D eigenvalue weighted by molar-refractivity contribution is 14.1. The van der Waals surface area contributed by atoms with Gasteiger partial charge in [0.25, 0.3) is 22.7 Å². The lowest BCUT2D eigenvalue weighted by atomic mass is 10.2. The van der Waals surface area contributed by atoms with Gasteiger partial charge in [-0.05, 0) is 88.5 Å². The Balaban J connectivity index is 1.37. The van der Waals surface area contributed by atoms with Crippen molar-refractivity contribution in [3.05, 3.63) is 90.9 Å². The highest BCUT2D eigenvalue weighted by Gasteiger charge is 2.36. The van der Waals surface area contributed by atoms with Crippen LogP contribution in [0.25, 0.3) is 6.08 Å². The number of hydrogen-bond donors (Lipinski definition) is 2. The van der Waals surface area contributed by atoms with E-state index in [0.717, 1.165) is 8.47 Å². The average molecular weight is 688 g/mol. The number of nitro groups is 1. The summed E-state index contributed by atoms with van der Waals surface area (Å²) < 4.78 is 11.9. The van der Waals surface area contributed by atoms with Crippen molar-refractivity contribution in [2.75, 3.05) is 30.9 Å². The maximum Gasteiger partial charge on any atom is 0.294 e. The van der Waals surface area contributed by atoms with Gasteiger partial charge in [-0.15, -0.1) is 0 Å². The smallest absolute Gasteiger partial charge is 0.294 e. The van der Waals surface area contributed by atoms with Gasteiger partial charge in [0, 0.05) is 27.1 Å². The summed E-state index contributed by atoms with van der Waals surface area (Å²) in [5.74, 6) is -1.16. The van der Waals surface area contributed by atoms with Crippen LogP contribution in [0, 0.1) is 13.7 Å². The van der Waals surface area contributed by atoms with E-state index >= 15 is 0 Å². The number of amides is 4. The largest absolute Gasteiger partial charge is 0.493 e. The minimum Gasteiger partial charge on any atom is -0.493 e. The Kier molecular flexibility index (Phi) is 9.57. The number of hydrogen-bond acceptors (Lipinski definition) is 9. The summed E-state index contributed by atoms with van der Waals surface area (Å²) in [6.45, 7) is -0.829. The first-order valence-electron chi connectivity index (χ1n) is 11.8. The van der Waals surface area contributed by atoms with Gasteiger partial charge in [-0.25, -0.2) is 0 Å². The number of non-ortho nitro benzene ring substituents is 1. The molecule has 0 spiro atoms. The summed E-state index contributed by atoms with van der Waals surface area (Å²) in [5.41, 5.74) is 1.15. The predicted octanol–water partition coefficient (Wildman–Crippen LogP) is 4.90. The molecule has 0 aromatic heterocycles. The van der Waals surface area contributed by atoms with Crippen molar-refractivity contribution in [3.63, 3.8) is 0 Å². The number of ether oxygens (including phenoxy) is 2. The van der Waals surface area contributed by atoms with Gasteiger partial charge >= 0.3 is 0 Å². The number of nitrogens with zero attached hydrogens (tertiary/aromatic N) is 2. The van der Waals surface area contributed by atoms with E-state index in [0.29, 0.717) is 23.0 Å². The van der Waals surface area contributed by atoms with Gasteiger partial charge in [-0.3, -0.25) is 34.2 Å². The third-order valence-corrected chi connectivity index (χ3v) is 7.11. The van der Waals surface area contributed by atoms with Crippen molar-refractivity contribution in [1.29, 1.82) is 0 Å². The van der Waals surface area contributed by atoms with E-state index in [1.165, 1.54) is 43.5 Å². The summed E-state index contributed by atoms with van der Waals surface area (Å²) in [7, 11) is 1.40. The van der Waals surface area contributed by atoms with Crippen molar-refractivity contribution >= 4 is 80.5 Å². The third-order valence-electron chi connectivity index (χ3n) is 5.49. The molecule has 1 heterocycles. The maximum atomic E-state index is 12.9. The molecule has 3 aromatic rings. The minimum atomic E-state index is -0.602. The second-order valence-corrected chi connectivity index (χ2v) is 10.6. The molecular weight excluding hydrogens is 667 g/mol. The third kappa shape index (κ3) is 7.82. The quantitative estimate of drug-likeness (QED) is 0.131. The van der Waals surface area contributed by atoms with Gasteiger partial charge in [0.15, 0.2) is 18.1 Å². The second-order valence-electron chi connectivity index (χ2n) is 8.38. The lowest BCUT2D eigenvalue weighted by Crippen LogP contribution is -2.36. The minimum absolute atomic E-state index is 0.129. The SMILES string of the molecule is COc1cc(/C=C2\SC(=O)N(CC(=O)Nc3ccc(I)cc3)C2=O)ccc1OCC(=O)Nc1cccc([N+](=O)[O-])c1. The molecule has 4 rings (SSSR count). The van der Waals surface area contributed by atoms with Crippen molar-refractivity contribution < 1.29 is 33.6 Å². The van der Waals surface area contributed by atoms with Crippen LogP contribution in [-0.2, 0) is 14.4 Å². The molecule has 14 heteroatoms. The molecule has 0 radical (unpaired) electrons. The first-order chi connectivity index (χ1) is 19.6. The van der Waals surface area contributed by atoms with Crippen LogP contribution in [0.2, 0.25) is 0 Å². The van der Waals surface area contributed by atoms with Gasteiger partial charge < -0.3 is 20.1 Å². The summed E-state index contributed by atoms with van der Waals surface area (Å²) in [4.78, 5) is 61.4. The Morgan fingerprint density at radius 1 is 1.00 bits per heavy atom. The Morgan fingerprint density at radius 2 is 1.73 bits per heavy atom. The molecule has 41 heavy (non-hydrogen) atoms. The number of methoxy groups -OCH3 is 1. The molecule has 4 amide bonds. The number of anilines is 2. The van der Waals surface area contributed by atoms with E-state index in [1.54, 1.807) is 24.3 Å². The molecule has 1 aliphatic rings. The first kappa shape index (κ1) is 29.5. The molecule has 12 nitrogen and oxygen atoms in total. The van der Waals surface area contributed by atoms with Crippen molar-refractivity contribution in [1.82, 2.24) is 4.90 Å². The summed E-state index contributed by atoms with van der Waals surface area (Å²) in [6, 6.07) is 17.3. The zero-order valence-electron chi connectivity index (χ0n) is 21.3. The monoisotopic (exact) mass is 688 g/mol. The fraction of sp³-hybridized carbons (Fsp3) is 0.111. The van der Waals surface area contributed by atoms with Gasteiger partial charge in [-0.2, -0.15) is 0 Å². The Hall–Kier alpha value is -4.44. The van der Waals surface area contributed by atoms with E-state index in [1.807, 2.05) is 12.1 Å². The number of rotatable bonds is 10. The number of thioether (sulfide) groups is 1. The van der Waals surface area contributed by atoms with E-state index in [-0.39, 0.29) is 27.8 Å².